The predicted molar refractivity (Wildman–Crippen MR) is 126 cm³/mol. The van der Waals surface area contributed by atoms with Crippen LogP contribution in [-0.2, 0) is 9.16 Å². The van der Waals surface area contributed by atoms with Crippen molar-refractivity contribution >= 4 is 31.7 Å². The number of rotatable bonds is 12. The molecule has 0 aliphatic carbocycles. The van der Waals surface area contributed by atoms with Crippen molar-refractivity contribution in [2.45, 2.75) is 45.3 Å². The Bertz CT molecular complexity index is 791. The van der Waals surface area contributed by atoms with Crippen LogP contribution in [0.3, 0.4) is 0 Å². The first-order chi connectivity index (χ1) is 14.3. The lowest BCUT2D eigenvalue weighted by Crippen LogP contribution is -2.41. The lowest BCUT2D eigenvalue weighted by Gasteiger charge is -2.36. The van der Waals surface area contributed by atoms with E-state index >= 15 is 0 Å². The lowest BCUT2D eigenvalue weighted by atomic mass is 10.1. The number of benzene rings is 1. The first-order valence-corrected chi connectivity index (χ1v) is 13.1. The van der Waals surface area contributed by atoms with E-state index in [4.69, 9.17) is 26.4 Å². The second kappa shape index (κ2) is 11.6. The van der Waals surface area contributed by atoms with Crippen LogP contribution in [0.15, 0.2) is 24.3 Å². The van der Waals surface area contributed by atoms with Gasteiger partial charge in [0.1, 0.15) is 18.0 Å². The molecule has 1 rings (SSSR count). The molecule has 0 radical (unpaired) electrons. The summed E-state index contributed by atoms with van der Waals surface area (Å²) in [6, 6.07) is 3.06. The largest absolute Gasteiger partial charge is 0.491 e. The van der Waals surface area contributed by atoms with Gasteiger partial charge in [0.25, 0.3) is 0 Å². The molecule has 0 atom stereocenters. The molecule has 0 aromatic heterocycles. The number of carbonyl (C=O) groups is 2. The number of primary amides is 2. The Morgan fingerprint density at radius 1 is 1.13 bits per heavy atom. The van der Waals surface area contributed by atoms with Crippen LogP contribution in [0.5, 0.6) is 5.75 Å². The molecule has 0 spiro atoms. The SMILES string of the molecule is CC(C)(C)[Si](C)(C)OCCCOc1cc(C(N)=O)cc(N)c1NC/C=C/COC(N)=O. The first kappa shape index (κ1) is 26.3. The third-order valence-corrected chi connectivity index (χ3v) is 9.66. The Labute approximate surface area is 185 Å². The summed E-state index contributed by atoms with van der Waals surface area (Å²) in [5.41, 5.74) is 17.5. The molecule has 31 heavy (non-hydrogen) atoms. The van der Waals surface area contributed by atoms with Gasteiger partial charge in [-0.15, -0.1) is 0 Å². The second-order valence-corrected chi connectivity index (χ2v) is 13.4. The standard InChI is InChI=1S/C21H36N4O5Si/c1-21(2,3)31(4,5)30-12-8-11-28-17-14-15(19(23)26)13-16(22)18(17)25-9-6-7-10-29-20(24)27/h6-7,13-14,25H,8-12,22H2,1-5H3,(H2,23,26)(H2,24,27)/b7-6+. The van der Waals surface area contributed by atoms with Crippen molar-refractivity contribution in [2.75, 3.05) is 37.4 Å². The topological polar surface area (TPSA) is 152 Å². The van der Waals surface area contributed by atoms with Crippen molar-refractivity contribution in [3.05, 3.63) is 29.8 Å². The van der Waals surface area contributed by atoms with E-state index in [-0.39, 0.29) is 17.2 Å². The molecule has 0 fully saturated rings. The Morgan fingerprint density at radius 3 is 2.39 bits per heavy atom. The number of carbonyl (C=O) groups excluding carboxylic acids is 2. The number of ether oxygens (including phenoxy) is 2. The minimum Gasteiger partial charge on any atom is -0.491 e. The summed E-state index contributed by atoms with van der Waals surface area (Å²) < 4.78 is 16.7. The maximum atomic E-state index is 11.6. The van der Waals surface area contributed by atoms with Crippen LogP contribution in [0.25, 0.3) is 0 Å². The Balaban J connectivity index is 2.73. The molecule has 0 heterocycles. The van der Waals surface area contributed by atoms with Gasteiger partial charge in [-0.1, -0.05) is 26.8 Å². The van der Waals surface area contributed by atoms with Gasteiger partial charge < -0.3 is 36.4 Å². The van der Waals surface area contributed by atoms with Crippen LogP contribution in [0.4, 0.5) is 16.2 Å². The number of hydrogen-bond acceptors (Lipinski definition) is 7. The average molecular weight is 453 g/mol. The van der Waals surface area contributed by atoms with E-state index in [1.54, 1.807) is 18.2 Å². The van der Waals surface area contributed by atoms with Crippen molar-refractivity contribution in [1.82, 2.24) is 0 Å². The maximum absolute atomic E-state index is 11.6. The van der Waals surface area contributed by atoms with Crippen LogP contribution >= 0.6 is 0 Å². The highest BCUT2D eigenvalue weighted by Gasteiger charge is 2.36. The van der Waals surface area contributed by atoms with Gasteiger partial charge in [0.05, 0.1) is 12.3 Å². The van der Waals surface area contributed by atoms with Crippen LogP contribution in [0.2, 0.25) is 18.1 Å². The third kappa shape index (κ3) is 8.89. The molecule has 0 bridgehead atoms. The number of anilines is 2. The van der Waals surface area contributed by atoms with Crippen molar-refractivity contribution in [3.63, 3.8) is 0 Å². The average Bonchev–Trinajstić information content (AvgIpc) is 2.64. The summed E-state index contributed by atoms with van der Waals surface area (Å²) in [7, 11) is -1.81. The fourth-order valence-corrected chi connectivity index (χ4v) is 3.40. The molecule has 0 unspecified atom stereocenters. The smallest absolute Gasteiger partial charge is 0.404 e. The van der Waals surface area contributed by atoms with Gasteiger partial charge in [0, 0.05) is 25.1 Å². The predicted octanol–water partition coefficient (Wildman–Crippen LogP) is 3.22. The molecule has 2 amide bonds. The molecule has 0 aliphatic rings. The molecular formula is C21H36N4O5Si. The van der Waals surface area contributed by atoms with Crippen molar-refractivity contribution in [3.8, 4) is 5.75 Å². The molecule has 174 valence electrons. The summed E-state index contributed by atoms with van der Waals surface area (Å²) in [5, 5.41) is 3.28. The molecule has 0 saturated heterocycles. The number of nitrogens with two attached hydrogens (primary N) is 3. The highest BCUT2D eigenvalue weighted by atomic mass is 28.4. The fourth-order valence-electron chi connectivity index (χ4n) is 2.31. The summed E-state index contributed by atoms with van der Waals surface area (Å²) in [6.45, 7) is 12.4. The molecule has 0 saturated carbocycles. The zero-order valence-electron chi connectivity index (χ0n) is 19.1. The zero-order valence-corrected chi connectivity index (χ0v) is 20.1. The van der Waals surface area contributed by atoms with Crippen molar-refractivity contribution < 1.29 is 23.5 Å². The molecule has 0 aliphatic heterocycles. The van der Waals surface area contributed by atoms with Gasteiger partial charge in [-0.2, -0.15) is 0 Å². The van der Waals surface area contributed by atoms with Crippen molar-refractivity contribution in [1.29, 1.82) is 0 Å². The summed E-state index contributed by atoms with van der Waals surface area (Å²) >= 11 is 0. The monoisotopic (exact) mass is 452 g/mol. The number of amides is 2. The zero-order chi connectivity index (χ0) is 23.7. The van der Waals surface area contributed by atoms with Gasteiger partial charge in [0.15, 0.2) is 8.32 Å². The minimum atomic E-state index is -1.81. The Morgan fingerprint density at radius 2 is 1.81 bits per heavy atom. The van der Waals surface area contributed by atoms with E-state index in [9.17, 15) is 9.59 Å². The number of nitrogen functional groups attached to an aromatic ring is 1. The molecule has 7 N–H and O–H groups in total. The van der Waals surface area contributed by atoms with Gasteiger partial charge in [-0.05, 0) is 36.3 Å². The third-order valence-electron chi connectivity index (χ3n) is 5.12. The van der Waals surface area contributed by atoms with Crippen LogP contribution in [0.1, 0.15) is 37.6 Å². The van der Waals surface area contributed by atoms with Crippen LogP contribution < -0.4 is 27.3 Å². The summed E-state index contributed by atoms with van der Waals surface area (Å²) in [4.78, 5) is 22.2. The lowest BCUT2D eigenvalue weighted by molar-refractivity contribution is 0.0999. The highest BCUT2D eigenvalue weighted by Crippen LogP contribution is 2.36. The fraction of sp³-hybridized carbons (Fsp3) is 0.524. The number of nitrogens with one attached hydrogen (secondary N) is 1. The van der Waals surface area contributed by atoms with Crippen LogP contribution in [0, 0.1) is 0 Å². The molecule has 1 aromatic carbocycles. The van der Waals surface area contributed by atoms with E-state index in [0.717, 1.165) is 0 Å². The first-order valence-electron chi connectivity index (χ1n) is 10.2. The Kier molecular flexibility index (Phi) is 9.85. The summed E-state index contributed by atoms with van der Waals surface area (Å²) in [6.07, 6.45) is 3.25. The van der Waals surface area contributed by atoms with Crippen molar-refractivity contribution in [2.24, 2.45) is 11.5 Å². The van der Waals surface area contributed by atoms with E-state index < -0.39 is 20.3 Å². The van der Waals surface area contributed by atoms with E-state index in [1.165, 1.54) is 6.07 Å². The van der Waals surface area contributed by atoms with E-state index in [1.807, 2.05) is 0 Å². The molecule has 1 aromatic rings. The van der Waals surface area contributed by atoms with Gasteiger partial charge in [0.2, 0.25) is 5.91 Å². The minimum absolute atomic E-state index is 0.0741. The van der Waals surface area contributed by atoms with E-state index in [0.29, 0.717) is 43.3 Å². The molecular weight excluding hydrogens is 416 g/mol. The second-order valence-electron chi connectivity index (χ2n) is 8.60. The normalized spacial score (nSPS) is 12.0. The number of hydrogen-bond donors (Lipinski definition) is 4. The van der Waals surface area contributed by atoms with Gasteiger partial charge >= 0.3 is 6.09 Å². The highest BCUT2D eigenvalue weighted by molar-refractivity contribution is 6.74. The summed E-state index contributed by atoms with van der Waals surface area (Å²) in [5.74, 6) is -0.157. The quantitative estimate of drug-likeness (QED) is 0.164. The molecule has 9 nitrogen and oxygen atoms in total. The van der Waals surface area contributed by atoms with Gasteiger partial charge in [-0.3, -0.25) is 4.79 Å². The maximum Gasteiger partial charge on any atom is 0.404 e. The van der Waals surface area contributed by atoms with Gasteiger partial charge in [-0.25, -0.2) is 4.79 Å². The Hall–Kier alpha value is -2.72. The van der Waals surface area contributed by atoms with E-state index in [2.05, 4.69) is 43.9 Å². The van der Waals surface area contributed by atoms with Crippen LogP contribution in [-0.4, -0.2) is 46.7 Å². The molecule has 10 heteroatoms.